The summed E-state index contributed by atoms with van der Waals surface area (Å²) in [5.41, 5.74) is -1.39. The summed E-state index contributed by atoms with van der Waals surface area (Å²) in [6, 6.07) is 7.80. The minimum atomic E-state index is -2.31. The molecule has 0 saturated carbocycles. The number of hydrogen-bond donors (Lipinski definition) is 1. The first-order chi connectivity index (χ1) is 15.6. The molecule has 0 spiro atoms. The third-order valence-electron chi connectivity index (χ3n) is 4.82. The molecule has 0 aliphatic rings. The van der Waals surface area contributed by atoms with Gasteiger partial charge in [0.05, 0.1) is 4.92 Å². The van der Waals surface area contributed by atoms with Gasteiger partial charge in [-0.05, 0) is 31.2 Å². The van der Waals surface area contributed by atoms with Crippen molar-refractivity contribution in [1.29, 1.82) is 0 Å². The SMILES string of the molecule is Cc1c(C(=O)Nc2ccc3oc(-c4c(F)c(F)c(F)c(F)c4F)nc3c2)cccc1[N+](=O)[O-]. The van der Waals surface area contributed by atoms with Crippen molar-refractivity contribution < 1.29 is 36.1 Å². The third-order valence-corrected chi connectivity index (χ3v) is 4.82. The average Bonchev–Trinajstić information content (AvgIpc) is 3.19. The van der Waals surface area contributed by atoms with Gasteiger partial charge in [0.1, 0.15) is 11.1 Å². The number of amides is 1. The molecule has 0 aliphatic heterocycles. The summed E-state index contributed by atoms with van der Waals surface area (Å²) in [6.45, 7) is 1.41. The molecule has 0 aliphatic carbocycles. The molecule has 4 rings (SSSR count). The Morgan fingerprint density at radius 1 is 1.00 bits per heavy atom. The third kappa shape index (κ3) is 3.64. The molecule has 0 atom stereocenters. The maximum Gasteiger partial charge on any atom is 0.273 e. The highest BCUT2D eigenvalue weighted by Gasteiger charge is 2.29. The van der Waals surface area contributed by atoms with Crippen LogP contribution in [0.1, 0.15) is 15.9 Å². The molecule has 0 bridgehead atoms. The number of carbonyl (C=O) groups excluding carboxylic acids is 1. The molecule has 0 saturated heterocycles. The lowest BCUT2D eigenvalue weighted by Gasteiger charge is -2.07. The van der Waals surface area contributed by atoms with Crippen LogP contribution in [0.2, 0.25) is 0 Å². The molecule has 7 nitrogen and oxygen atoms in total. The van der Waals surface area contributed by atoms with E-state index in [-0.39, 0.29) is 33.6 Å². The minimum absolute atomic E-state index is 0.0338. The Kier molecular flexibility index (Phi) is 5.28. The molecule has 1 aromatic heterocycles. The highest BCUT2D eigenvalue weighted by molar-refractivity contribution is 6.06. The Bertz CT molecular complexity index is 1440. The predicted octanol–water partition coefficient (Wildman–Crippen LogP) is 5.66. The van der Waals surface area contributed by atoms with Gasteiger partial charge < -0.3 is 9.73 Å². The highest BCUT2D eigenvalue weighted by atomic mass is 19.2. The van der Waals surface area contributed by atoms with Gasteiger partial charge in [-0.1, -0.05) is 6.07 Å². The maximum atomic E-state index is 14.1. The summed E-state index contributed by atoms with van der Waals surface area (Å²) < 4.78 is 73.5. The smallest absolute Gasteiger partial charge is 0.273 e. The van der Waals surface area contributed by atoms with Crippen molar-refractivity contribution in [3.8, 4) is 11.5 Å². The van der Waals surface area contributed by atoms with Crippen molar-refractivity contribution in [3.05, 3.63) is 86.7 Å². The van der Waals surface area contributed by atoms with E-state index >= 15 is 0 Å². The zero-order valence-corrected chi connectivity index (χ0v) is 16.4. The van der Waals surface area contributed by atoms with Crippen LogP contribution in [0.25, 0.3) is 22.6 Å². The van der Waals surface area contributed by atoms with E-state index in [1.807, 2.05) is 0 Å². The fourth-order valence-corrected chi connectivity index (χ4v) is 3.17. The topological polar surface area (TPSA) is 98.3 Å². The largest absolute Gasteiger partial charge is 0.436 e. The Balaban J connectivity index is 1.70. The number of nitrogens with one attached hydrogen (secondary N) is 1. The van der Waals surface area contributed by atoms with Gasteiger partial charge in [0, 0.05) is 22.9 Å². The molecular weight excluding hydrogens is 453 g/mol. The minimum Gasteiger partial charge on any atom is -0.436 e. The molecule has 0 fully saturated rings. The van der Waals surface area contributed by atoms with E-state index in [9.17, 15) is 36.9 Å². The van der Waals surface area contributed by atoms with E-state index < -0.39 is 51.4 Å². The molecule has 1 heterocycles. The summed E-state index contributed by atoms with van der Waals surface area (Å²) in [4.78, 5) is 26.8. The molecule has 168 valence electrons. The molecule has 3 aromatic carbocycles. The molecule has 1 N–H and O–H groups in total. The zero-order valence-electron chi connectivity index (χ0n) is 16.4. The number of oxazole rings is 1. The highest BCUT2D eigenvalue weighted by Crippen LogP contribution is 2.33. The normalized spacial score (nSPS) is 11.1. The van der Waals surface area contributed by atoms with Gasteiger partial charge in [-0.3, -0.25) is 14.9 Å². The number of fused-ring (bicyclic) bond motifs is 1. The Hall–Kier alpha value is -4.35. The zero-order chi connectivity index (χ0) is 24.0. The number of nitro benzene ring substituents is 1. The lowest BCUT2D eigenvalue weighted by molar-refractivity contribution is -0.385. The van der Waals surface area contributed by atoms with Gasteiger partial charge in [0.2, 0.25) is 11.7 Å². The van der Waals surface area contributed by atoms with Gasteiger partial charge in [-0.15, -0.1) is 0 Å². The Labute approximate surface area is 180 Å². The lowest BCUT2D eigenvalue weighted by atomic mass is 10.1. The van der Waals surface area contributed by atoms with Crippen LogP contribution in [0.3, 0.4) is 0 Å². The number of anilines is 1. The van der Waals surface area contributed by atoms with Gasteiger partial charge in [-0.2, -0.15) is 0 Å². The van der Waals surface area contributed by atoms with Gasteiger partial charge in [0.15, 0.2) is 28.9 Å². The van der Waals surface area contributed by atoms with Crippen LogP contribution in [0, 0.1) is 46.1 Å². The van der Waals surface area contributed by atoms with Gasteiger partial charge >= 0.3 is 0 Å². The average molecular weight is 463 g/mol. The second-order valence-electron chi connectivity index (χ2n) is 6.81. The van der Waals surface area contributed by atoms with Gasteiger partial charge in [0.25, 0.3) is 11.6 Å². The second kappa shape index (κ2) is 7.97. The monoisotopic (exact) mass is 463 g/mol. The number of nitro groups is 1. The molecule has 33 heavy (non-hydrogen) atoms. The number of halogens is 5. The molecule has 4 aromatic rings. The van der Waals surface area contributed by atoms with Crippen molar-refractivity contribution >= 4 is 28.4 Å². The van der Waals surface area contributed by atoms with Crippen LogP contribution < -0.4 is 5.32 Å². The van der Waals surface area contributed by atoms with E-state index in [4.69, 9.17) is 4.42 Å². The number of nitrogens with zero attached hydrogens (tertiary/aromatic N) is 2. The molecular formula is C21H10F5N3O4. The Morgan fingerprint density at radius 3 is 2.27 bits per heavy atom. The number of hydrogen-bond acceptors (Lipinski definition) is 5. The fourth-order valence-electron chi connectivity index (χ4n) is 3.17. The summed E-state index contributed by atoms with van der Waals surface area (Å²) in [7, 11) is 0. The van der Waals surface area contributed by atoms with E-state index in [2.05, 4.69) is 10.3 Å². The lowest BCUT2D eigenvalue weighted by Crippen LogP contribution is -2.14. The van der Waals surface area contributed by atoms with Crippen molar-refractivity contribution in [3.63, 3.8) is 0 Å². The molecule has 1 amide bonds. The predicted molar refractivity (Wildman–Crippen MR) is 105 cm³/mol. The fraction of sp³-hybridized carbons (Fsp3) is 0.0476. The van der Waals surface area contributed by atoms with E-state index in [1.54, 1.807) is 0 Å². The van der Waals surface area contributed by atoms with Crippen LogP contribution in [0.15, 0.2) is 40.8 Å². The quantitative estimate of drug-likeness (QED) is 0.139. The Morgan fingerprint density at radius 2 is 1.64 bits per heavy atom. The first-order valence-electron chi connectivity index (χ1n) is 9.08. The molecule has 0 unspecified atom stereocenters. The van der Waals surface area contributed by atoms with Gasteiger partial charge in [-0.25, -0.2) is 26.9 Å². The van der Waals surface area contributed by atoms with Crippen LogP contribution in [-0.2, 0) is 0 Å². The van der Waals surface area contributed by atoms with Crippen LogP contribution in [0.5, 0.6) is 0 Å². The summed E-state index contributed by atoms with van der Waals surface area (Å²) >= 11 is 0. The van der Waals surface area contributed by atoms with E-state index in [0.717, 1.165) is 0 Å². The summed E-state index contributed by atoms with van der Waals surface area (Å²) in [5, 5.41) is 13.6. The molecule has 0 radical (unpaired) electrons. The van der Waals surface area contributed by atoms with Crippen LogP contribution >= 0.6 is 0 Å². The summed E-state index contributed by atoms with van der Waals surface area (Å²) in [5.74, 6) is -12.3. The van der Waals surface area contributed by atoms with E-state index in [0.29, 0.717) is 0 Å². The number of benzene rings is 3. The van der Waals surface area contributed by atoms with Crippen molar-refractivity contribution in [1.82, 2.24) is 4.98 Å². The second-order valence-corrected chi connectivity index (χ2v) is 6.81. The first-order valence-corrected chi connectivity index (χ1v) is 9.08. The number of carbonyl (C=O) groups is 1. The first kappa shape index (κ1) is 21.9. The van der Waals surface area contributed by atoms with Crippen molar-refractivity contribution in [2.75, 3.05) is 5.32 Å². The van der Waals surface area contributed by atoms with Crippen LogP contribution in [-0.4, -0.2) is 15.8 Å². The van der Waals surface area contributed by atoms with Crippen LogP contribution in [0.4, 0.5) is 33.3 Å². The maximum absolute atomic E-state index is 14.1. The standard InChI is InChI=1S/C21H10F5N3O4/c1-8-10(3-2-4-12(8)29(31)32)20(30)27-9-5-6-13-11(7-9)28-21(33-13)14-15(22)17(24)19(26)18(25)16(14)23/h2-7H,1H3,(H,27,30). The van der Waals surface area contributed by atoms with Crippen molar-refractivity contribution in [2.45, 2.75) is 6.92 Å². The van der Waals surface area contributed by atoms with E-state index in [1.165, 1.54) is 43.3 Å². The summed E-state index contributed by atoms with van der Waals surface area (Å²) in [6.07, 6.45) is 0. The number of aromatic nitrogens is 1. The number of rotatable bonds is 4. The van der Waals surface area contributed by atoms with Crippen molar-refractivity contribution in [2.24, 2.45) is 0 Å². The molecule has 12 heteroatoms.